The third kappa shape index (κ3) is 4.46. The molecular formula is C6H13N3O2. The lowest BCUT2D eigenvalue weighted by atomic mass is 10.2. The summed E-state index contributed by atoms with van der Waals surface area (Å²) in [4.78, 5) is 20.7. The SMILES string of the molecule is NCC[C@H](N)C(=O)NCC=O. The van der Waals surface area contributed by atoms with Gasteiger partial charge in [-0.2, -0.15) is 0 Å². The zero-order chi connectivity index (χ0) is 8.69. The summed E-state index contributed by atoms with van der Waals surface area (Å²) in [6.07, 6.45) is 1.04. The first-order valence-electron chi connectivity index (χ1n) is 3.39. The average Bonchev–Trinajstić information content (AvgIpc) is 2.00. The minimum atomic E-state index is -0.597. The molecule has 0 rings (SSSR count). The fourth-order valence-corrected chi connectivity index (χ4v) is 0.584. The molecule has 11 heavy (non-hydrogen) atoms. The molecule has 0 aliphatic carbocycles. The highest BCUT2D eigenvalue weighted by molar-refractivity contribution is 5.83. The molecule has 0 radical (unpaired) electrons. The molecule has 1 amide bonds. The minimum absolute atomic E-state index is 0.0110. The monoisotopic (exact) mass is 159 g/mol. The molecule has 0 aliphatic rings. The number of aldehydes is 1. The van der Waals surface area contributed by atoms with Crippen LogP contribution in [0.25, 0.3) is 0 Å². The first-order chi connectivity index (χ1) is 5.22. The van der Waals surface area contributed by atoms with Gasteiger partial charge < -0.3 is 21.6 Å². The lowest BCUT2D eigenvalue weighted by molar-refractivity contribution is -0.123. The molecule has 0 aromatic rings. The molecule has 1 atom stereocenters. The van der Waals surface area contributed by atoms with E-state index in [0.29, 0.717) is 19.3 Å². The van der Waals surface area contributed by atoms with Gasteiger partial charge in [-0.3, -0.25) is 4.79 Å². The molecule has 5 N–H and O–H groups in total. The van der Waals surface area contributed by atoms with Gasteiger partial charge >= 0.3 is 0 Å². The van der Waals surface area contributed by atoms with Crippen LogP contribution in [0, 0.1) is 0 Å². The number of nitrogens with two attached hydrogens (primary N) is 2. The third-order valence-electron chi connectivity index (χ3n) is 1.17. The molecule has 5 nitrogen and oxygen atoms in total. The van der Waals surface area contributed by atoms with Crippen molar-refractivity contribution in [2.45, 2.75) is 12.5 Å². The summed E-state index contributed by atoms with van der Waals surface area (Å²) in [5, 5.41) is 2.33. The van der Waals surface area contributed by atoms with E-state index < -0.39 is 6.04 Å². The van der Waals surface area contributed by atoms with Crippen molar-refractivity contribution in [3.63, 3.8) is 0 Å². The topological polar surface area (TPSA) is 98.2 Å². The molecule has 0 fully saturated rings. The Labute approximate surface area is 65.1 Å². The number of hydrogen-bond acceptors (Lipinski definition) is 4. The Morgan fingerprint density at radius 3 is 2.73 bits per heavy atom. The van der Waals surface area contributed by atoms with Crippen LogP contribution in [0.4, 0.5) is 0 Å². The van der Waals surface area contributed by atoms with E-state index in [9.17, 15) is 9.59 Å². The summed E-state index contributed by atoms with van der Waals surface area (Å²) >= 11 is 0. The van der Waals surface area contributed by atoms with Crippen LogP contribution in [0.5, 0.6) is 0 Å². The molecule has 5 heteroatoms. The summed E-state index contributed by atoms with van der Waals surface area (Å²) in [7, 11) is 0. The number of nitrogens with one attached hydrogen (secondary N) is 1. The van der Waals surface area contributed by atoms with Gasteiger partial charge in [-0.15, -0.1) is 0 Å². The van der Waals surface area contributed by atoms with Gasteiger partial charge in [0.05, 0.1) is 12.6 Å². The maximum absolute atomic E-state index is 10.8. The Morgan fingerprint density at radius 2 is 2.27 bits per heavy atom. The molecule has 0 bridgehead atoms. The lowest BCUT2D eigenvalue weighted by Gasteiger charge is -2.08. The predicted molar refractivity (Wildman–Crippen MR) is 40.7 cm³/mol. The van der Waals surface area contributed by atoms with Gasteiger partial charge in [0.1, 0.15) is 6.29 Å². The van der Waals surface area contributed by atoms with Crippen molar-refractivity contribution in [2.75, 3.05) is 13.1 Å². The predicted octanol–water partition coefficient (Wildman–Crippen LogP) is -2.02. The van der Waals surface area contributed by atoms with E-state index in [1.165, 1.54) is 0 Å². The summed E-state index contributed by atoms with van der Waals surface area (Å²) in [5.41, 5.74) is 10.5. The summed E-state index contributed by atoms with van der Waals surface area (Å²) in [6.45, 7) is 0.382. The Balaban J connectivity index is 3.54. The molecule has 0 aromatic heterocycles. The van der Waals surface area contributed by atoms with Crippen molar-refractivity contribution >= 4 is 12.2 Å². The van der Waals surface area contributed by atoms with Crippen molar-refractivity contribution in [3.05, 3.63) is 0 Å². The highest BCUT2D eigenvalue weighted by Crippen LogP contribution is 1.83. The van der Waals surface area contributed by atoms with Crippen molar-refractivity contribution < 1.29 is 9.59 Å². The zero-order valence-electron chi connectivity index (χ0n) is 6.25. The fraction of sp³-hybridized carbons (Fsp3) is 0.667. The third-order valence-corrected chi connectivity index (χ3v) is 1.17. The van der Waals surface area contributed by atoms with Crippen molar-refractivity contribution in [3.8, 4) is 0 Å². The number of rotatable bonds is 5. The first kappa shape index (κ1) is 10.1. The van der Waals surface area contributed by atoms with Gasteiger partial charge in [-0.05, 0) is 13.0 Å². The second-order valence-corrected chi connectivity index (χ2v) is 2.10. The van der Waals surface area contributed by atoms with Gasteiger partial charge in [0.25, 0.3) is 0 Å². The summed E-state index contributed by atoms with van der Waals surface area (Å²) in [5.74, 6) is -0.331. The smallest absolute Gasteiger partial charge is 0.237 e. The van der Waals surface area contributed by atoms with Gasteiger partial charge in [-0.25, -0.2) is 0 Å². The van der Waals surface area contributed by atoms with Gasteiger partial charge in [-0.1, -0.05) is 0 Å². The van der Waals surface area contributed by atoms with Gasteiger partial charge in [0.2, 0.25) is 5.91 Å². The van der Waals surface area contributed by atoms with E-state index in [-0.39, 0.29) is 12.5 Å². The maximum atomic E-state index is 10.8. The number of hydrogen-bond donors (Lipinski definition) is 3. The van der Waals surface area contributed by atoms with Crippen molar-refractivity contribution in [1.29, 1.82) is 0 Å². The highest BCUT2D eigenvalue weighted by Gasteiger charge is 2.10. The quantitative estimate of drug-likeness (QED) is 0.403. The van der Waals surface area contributed by atoms with E-state index in [1.807, 2.05) is 0 Å². The highest BCUT2D eigenvalue weighted by atomic mass is 16.2. The second-order valence-electron chi connectivity index (χ2n) is 2.10. The largest absolute Gasteiger partial charge is 0.348 e. The standard InChI is InChI=1S/C6H13N3O2/c7-2-1-5(8)6(11)9-3-4-10/h4-5H,1-3,7-8H2,(H,9,11)/t5-/m0/s1. The summed E-state index contributed by atoms with van der Waals surface area (Å²) in [6, 6.07) is -0.597. The molecule has 0 saturated carbocycles. The van der Waals surface area contributed by atoms with Crippen molar-refractivity contribution in [1.82, 2.24) is 5.32 Å². The number of carbonyl (C=O) groups is 2. The molecule has 0 saturated heterocycles. The van der Waals surface area contributed by atoms with Crippen LogP contribution in [0.1, 0.15) is 6.42 Å². The van der Waals surface area contributed by atoms with E-state index in [1.54, 1.807) is 0 Å². The van der Waals surface area contributed by atoms with E-state index in [4.69, 9.17) is 11.5 Å². The summed E-state index contributed by atoms with van der Waals surface area (Å²) < 4.78 is 0. The number of carbonyl (C=O) groups excluding carboxylic acids is 2. The Bertz CT molecular complexity index is 138. The van der Waals surface area contributed by atoms with E-state index >= 15 is 0 Å². The normalized spacial score (nSPS) is 12.2. The molecule has 0 heterocycles. The Kier molecular flexibility index (Phi) is 5.32. The minimum Gasteiger partial charge on any atom is -0.348 e. The van der Waals surface area contributed by atoms with Gasteiger partial charge in [0, 0.05) is 0 Å². The van der Waals surface area contributed by atoms with Crippen LogP contribution in [-0.4, -0.2) is 31.3 Å². The van der Waals surface area contributed by atoms with Crippen molar-refractivity contribution in [2.24, 2.45) is 11.5 Å². The van der Waals surface area contributed by atoms with Crippen LogP contribution >= 0.6 is 0 Å². The fourth-order valence-electron chi connectivity index (χ4n) is 0.584. The molecule has 64 valence electrons. The first-order valence-corrected chi connectivity index (χ1v) is 3.39. The Hall–Kier alpha value is -0.940. The van der Waals surface area contributed by atoms with Crippen LogP contribution in [0.3, 0.4) is 0 Å². The molecule has 0 aromatic carbocycles. The van der Waals surface area contributed by atoms with E-state index in [2.05, 4.69) is 5.32 Å². The van der Waals surface area contributed by atoms with Crippen LogP contribution in [0.2, 0.25) is 0 Å². The van der Waals surface area contributed by atoms with Crippen LogP contribution < -0.4 is 16.8 Å². The average molecular weight is 159 g/mol. The molecule has 0 unspecified atom stereocenters. The maximum Gasteiger partial charge on any atom is 0.237 e. The molecule has 0 aliphatic heterocycles. The lowest BCUT2D eigenvalue weighted by Crippen LogP contribution is -2.42. The van der Waals surface area contributed by atoms with Crippen LogP contribution in [-0.2, 0) is 9.59 Å². The number of amides is 1. The van der Waals surface area contributed by atoms with Gasteiger partial charge in [0.15, 0.2) is 0 Å². The molecule has 0 spiro atoms. The molecular weight excluding hydrogens is 146 g/mol. The van der Waals surface area contributed by atoms with E-state index in [0.717, 1.165) is 0 Å². The van der Waals surface area contributed by atoms with Crippen LogP contribution in [0.15, 0.2) is 0 Å². The second kappa shape index (κ2) is 5.82. The zero-order valence-corrected chi connectivity index (χ0v) is 6.25. The Morgan fingerprint density at radius 1 is 1.64 bits per heavy atom.